The van der Waals surface area contributed by atoms with Crippen molar-refractivity contribution < 1.29 is 21.9 Å². The molecule has 0 bridgehead atoms. The number of alkyl halides is 2. The van der Waals surface area contributed by atoms with Crippen molar-refractivity contribution in [1.82, 2.24) is 0 Å². The highest BCUT2D eigenvalue weighted by molar-refractivity contribution is 7.89. The van der Waals surface area contributed by atoms with Crippen LogP contribution in [0.4, 0.5) is 14.5 Å². The van der Waals surface area contributed by atoms with Gasteiger partial charge in [-0.25, -0.2) is 13.6 Å². The molecule has 0 saturated heterocycles. The Morgan fingerprint density at radius 1 is 1.09 bits per heavy atom. The number of nitrogens with one attached hydrogen (secondary N) is 1. The Kier molecular flexibility index (Phi) is 5.24. The quantitative estimate of drug-likeness (QED) is 0.623. The number of hydrogen-bond donors (Lipinski definition) is 2. The van der Waals surface area contributed by atoms with Crippen LogP contribution in [0.2, 0.25) is 0 Å². The molecule has 0 aromatic heterocycles. The lowest BCUT2D eigenvalue weighted by Crippen LogP contribution is -2.11. The smallest absolute Gasteiger partial charge is 0.387 e. The molecule has 122 valence electrons. The number of nitrogens with zero attached hydrogens (tertiary/aromatic N) is 1. The van der Waals surface area contributed by atoms with Crippen molar-refractivity contribution in [3.05, 3.63) is 54.1 Å². The van der Waals surface area contributed by atoms with E-state index >= 15 is 0 Å². The van der Waals surface area contributed by atoms with Crippen molar-refractivity contribution in [3.8, 4) is 5.75 Å². The number of hydrazone groups is 1. The summed E-state index contributed by atoms with van der Waals surface area (Å²) in [4.78, 5) is 0.00153. The number of ether oxygens (including phenoxy) is 1. The molecule has 23 heavy (non-hydrogen) atoms. The van der Waals surface area contributed by atoms with Crippen LogP contribution in [-0.4, -0.2) is 21.2 Å². The van der Waals surface area contributed by atoms with E-state index in [1.165, 1.54) is 42.6 Å². The van der Waals surface area contributed by atoms with Gasteiger partial charge < -0.3 is 4.74 Å². The molecule has 0 radical (unpaired) electrons. The second-order valence-corrected chi connectivity index (χ2v) is 5.95. The monoisotopic (exact) mass is 341 g/mol. The van der Waals surface area contributed by atoms with E-state index in [-0.39, 0.29) is 10.6 Å². The van der Waals surface area contributed by atoms with Gasteiger partial charge in [0.05, 0.1) is 16.8 Å². The van der Waals surface area contributed by atoms with E-state index in [0.717, 1.165) is 0 Å². The first-order valence-corrected chi connectivity index (χ1v) is 7.86. The third-order valence-electron chi connectivity index (χ3n) is 2.70. The molecule has 9 heteroatoms. The summed E-state index contributed by atoms with van der Waals surface area (Å²) in [7, 11) is -3.73. The average molecular weight is 341 g/mol. The zero-order valence-corrected chi connectivity index (χ0v) is 12.5. The van der Waals surface area contributed by atoms with Crippen molar-refractivity contribution in [2.24, 2.45) is 10.2 Å². The van der Waals surface area contributed by atoms with Crippen molar-refractivity contribution in [1.29, 1.82) is 0 Å². The summed E-state index contributed by atoms with van der Waals surface area (Å²) in [5.74, 6) is 0.0590. The van der Waals surface area contributed by atoms with Gasteiger partial charge in [-0.1, -0.05) is 0 Å². The molecule has 2 rings (SSSR count). The van der Waals surface area contributed by atoms with Gasteiger partial charge in [0.2, 0.25) is 10.0 Å². The Balaban J connectivity index is 1.96. The van der Waals surface area contributed by atoms with Crippen molar-refractivity contribution in [2.45, 2.75) is 11.5 Å². The number of hydrogen-bond acceptors (Lipinski definition) is 5. The van der Waals surface area contributed by atoms with E-state index in [4.69, 9.17) is 5.14 Å². The highest BCUT2D eigenvalue weighted by atomic mass is 32.2. The fourth-order valence-electron chi connectivity index (χ4n) is 1.64. The van der Waals surface area contributed by atoms with Gasteiger partial charge in [0, 0.05) is 0 Å². The Hall–Kier alpha value is -2.52. The molecule has 0 aliphatic carbocycles. The van der Waals surface area contributed by atoms with Crippen molar-refractivity contribution >= 4 is 21.9 Å². The van der Waals surface area contributed by atoms with Gasteiger partial charge in [-0.15, -0.1) is 0 Å². The summed E-state index contributed by atoms with van der Waals surface area (Å²) in [6.45, 7) is -2.86. The van der Waals surface area contributed by atoms with Crippen molar-refractivity contribution in [2.75, 3.05) is 5.43 Å². The van der Waals surface area contributed by atoms with E-state index in [2.05, 4.69) is 15.3 Å². The Bertz CT molecular complexity index is 776. The van der Waals surface area contributed by atoms with Gasteiger partial charge in [0.15, 0.2) is 0 Å². The van der Waals surface area contributed by atoms with E-state index in [9.17, 15) is 17.2 Å². The van der Waals surface area contributed by atoms with Crippen LogP contribution in [0.1, 0.15) is 5.56 Å². The van der Waals surface area contributed by atoms with E-state index in [1.54, 1.807) is 12.1 Å². The summed E-state index contributed by atoms with van der Waals surface area (Å²) < 4.78 is 50.5. The lowest BCUT2D eigenvalue weighted by Gasteiger charge is -2.04. The number of anilines is 1. The number of nitrogens with two attached hydrogens (primary N) is 1. The summed E-state index contributed by atoms with van der Waals surface area (Å²) in [5.41, 5.74) is 3.93. The summed E-state index contributed by atoms with van der Waals surface area (Å²) in [5, 5.41) is 8.94. The molecule has 0 amide bonds. The molecule has 0 saturated carbocycles. The molecule has 2 aromatic rings. The van der Waals surface area contributed by atoms with Crippen LogP contribution in [0.15, 0.2) is 58.5 Å². The van der Waals surface area contributed by atoms with Crippen LogP contribution in [0, 0.1) is 0 Å². The van der Waals surface area contributed by atoms with Gasteiger partial charge in [0.25, 0.3) is 0 Å². The normalized spacial score (nSPS) is 11.8. The van der Waals surface area contributed by atoms with Gasteiger partial charge in [-0.2, -0.15) is 13.9 Å². The van der Waals surface area contributed by atoms with Gasteiger partial charge in [-0.3, -0.25) is 5.43 Å². The molecular formula is C14H13F2N3O3S. The predicted octanol–water partition coefficient (Wildman–Crippen LogP) is 2.38. The lowest BCUT2D eigenvalue weighted by molar-refractivity contribution is -0.0498. The largest absolute Gasteiger partial charge is 0.435 e. The number of rotatable bonds is 6. The maximum Gasteiger partial charge on any atom is 0.387 e. The highest BCUT2D eigenvalue weighted by Gasteiger charge is 2.06. The van der Waals surface area contributed by atoms with Gasteiger partial charge in [0.1, 0.15) is 5.75 Å². The molecule has 6 nitrogen and oxygen atoms in total. The molecular weight excluding hydrogens is 328 g/mol. The summed E-state index contributed by atoms with van der Waals surface area (Å²) in [6.07, 6.45) is 1.47. The molecule has 2 aromatic carbocycles. The molecule has 0 fully saturated rings. The van der Waals surface area contributed by atoms with Crippen LogP contribution in [-0.2, 0) is 10.0 Å². The molecule has 0 aliphatic rings. The number of primary sulfonamides is 1. The molecule has 0 unspecified atom stereocenters. The van der Waals surface area contributed by atoms with Gasteiger partial charge in [-0.05, 0) is 54.1 Å². The first kappa shape index (κ1) is 16.8. The van der Waals surface area contributed by atoms with Crippen LogP contribution >= 0.6 is 0 Å². The first-order chi connectivity index (χ1) is 10.8. The number of sulfonamides is 1. The minimum atomic E-state index is -3.73. The maximum atomic E-state index is 12.0. The Morgan fingerprint density at radius 2 is 1.70 bits per heavy atom. The Labute approximate surface area is 131 Å². The highest BCUT2D eigenvalue weighted by Crippen LogP contribution is 2.15. The minimum absolute atomic E-state index is 0.00153. The number of halogens is 2. The lowest BCUT2D eigenvalue weighted by atomic mass is 10.2. The molecule has 0 atom stereocenters. The Morgan fingerprint density at radius 3 is 2.22 bits per heavy atom. The number of benzene rings is 2. The maximum absolute atomic E-state index is 12.0. The third kappa shape index (κ3) is 5.31. The standard InChI is InChI=1S/C14H13F2N3O3S/c15-14(16)22-12-5-1-10(2-6-12)9-18-19-11-3-7-13(8-4-11)23(17,20)21/h1-9,14,19H,(H2,17,20,21)/b18-9+. The second kappa shape index (κ2) is 7.16. The van der Waals surface area contributed by atoms with Crippen LogP contribution in [0.5, 0.6) is 5.75 Å². The first-order valence-electron chi connectivity index (χ1n) is 6.31. The molecule has 0 aliphatic heterocycles. The van der Waals surface area contributed by atoms with Crippen LogP contribution < -0.4 is 15.3 Å². The summed E-state index contributed by atoms with van der Waals surface area (Å²) in [6, 6.07) is 11.6. The van der Waals surface area contributed by atoms with Crippen LogP contribution in [0.3, 0.4) is 0 Å². The fraction of sp³-hybridized carbons (Fsp3) is 0.0714. The van der Waals surface area contributed by atoms with Crippen LogP contribution in [0.25, 0.3) is 0 Å². The third-order valence-corrected chi connectivity index (χ3v) is 3.62. The average Bonchev–Trinajstić information content (AvgIpc) is 2.48. The SMILES string of the molecule is NS(=O)(=O)c1ccc(N/N=C/c2ccc(OC(F)F)cc2)cc1. The molecule has 3 N–H and O–H groups in total. The van der Waals surface area contributed by atoms with Gasteiger partial charge >= 0.3 is 6.61 Å². The van der Waals surface area contributed by atoms with E-state index in [0.29, 0.717) is 11.3 Å². The van der Waals surface area contributed by atoms with Crippen molar-refractivity contribution in [3.63, 3.8) is 0 Å². The minimum Gasteiger partial charge on any atom is -0.435 e. The topological polar surface area (TPSA) is 93.8 Å². The summed E-state index contributed by atoms with van der Waals surface area (Å²) >= 11 is 0. The zero-order valence-electron chi connectivity index (χ0n) is 11.7. The zero-order chi connectivity index (χ0) is 16.9. The van der Waals surface area contributed by atoms with E-state index < -0.39 is 16.6 Å². The fourth-order valence-corrected chi connectivity index (χ4v) is 2.15. The predicted molar refractivity (Wildman–Crippen MR) is 82.1 cm³/mol. The van der Waals surface area contributed by atoms with E-state index in [1.807, 2.05) is 0 Å². The second-order valence-electron chi connectivity index (χ2n) is 4.39. The molecule has 0 heterocycles. The molecule has 0 spiro atoms.